The van der Waals surface area contributed by atoms with Gasteiger partial charge in [0.05, 0.1) is 5.56 Å². The van der Waals surface area contributed by atoms with E-state index in [1.165, 1.54) is 6.07 Å². The first kappa shape index (κ1) is 17.0. The maximum Gasteiger partial charge on any atom is 0.336 e. The number of carbonyl (C=O) groups excluding carboxylic acids is 1. The third-order valence-electron chi connectivity index (χ3n) is 4.63. The standard InChI is InChI=1S/C19H20N2O4/c1-10-7-11(2)16(9-13(10)19(24)25)21-18(23)14-8-12-5-3-4-6-15(12)20-17(14)22/h7-9H,3-6H2,1-2H3,(H,20,22)(H,21,23)(H,24,25). The van der Waals surface area contributed by atoms with Crippen LogP contribution in [0.3, 0.4) is 0 Å². The van der Waals surface area contributed by atoms with Crippen molar-refractivity contribution < 1.29 is 14.7 Å². The summed E-state index contributed by atoms with van der Waals surface area (Å²) in [7, 11) is 0. The van der Waals surface area contributed by atoms with E-state index in [1.54, 1.807) is 26.0 Å². The van der Waals surface area contributed by atoms with E-state index in [0.717, 1.165) is 42.5 Å². The number of rotatable bonds is 3. The van der Waals surface area contributed by atoms with Crippen molar-refractivity contribution in [2.24, 2.45) is 0 Å². The van der Waals surface area contributed by atoms with Gasteiger partial charge in [-0.25, -0.2) is 4.79 Å². The number of benzene rings is 1. The van der Waals surface area contributed by atoms with Gasteiger partial charge in [-0.3, -0.25) is 9.59 Å². The molecule has 1 aromatic carbocycles. The van der Waals surface area contributed by atoms with E-state index in [0.29, 0.717) is 11.3 Å². The fourth-order valence-corrected chi connectivity index (χ4v) is 3.25. The average molecular weight is 340 g/mol. The minimum atomic E-state index is -1.06. The van der Waals surface area contributed by atoms with Gasteiger partial charge in [0.15, 0.2) is 0 Å². The number of anilines is 1. The van der Waals surface area contributed by atoms with Crippen LogP contribution in [0.1, 0.15) is 55.9 Å². The predicted octanol–water partition coefficient (Wildman–Crippen LogP) is 2.82. The number of carbonyl (C=O) groups is 2. The van der Waals surface area contributed by atoms with E-state index in [-0.39, 0.29) is 11.1 Å². The summed E-state index contributed by atoms with van der Waals surface area (Å²) in [6, 6.07) is 4.79. The molecule has 1 aliphatic carbocycles. The van der Waals surface area contributed by atoms with E-state index in [2.05, 4.69) is 10.3 Å². The molecule has 0 aliphatic heterocycles. The molecule has 1 aromatic heterocycles. The van der Waals surface area contributed by atoms with Crippen molar-refractivity contribution >= 4 is 17.6 Å². The van der Waals surface area contributed by atoms with Crippen LogP contribution in [0.5, 0.6) is 0 Å². The summed E-state index contributed by atoms with van der Waals surface area (Å²) in [5.74, 6) is -1.59. The summed E-state index contributed by atoms with van der Waals surface area (Å²) >= 11 is 0. The first-order valence-corrected chi connectivity index (χ1v) is 8.28. The number of aromatic nitrogens is 1. The number of amides is 1. The van der Waals surface area contributed by atoms with Gasteiger partial charge < -0.3 is 15.4 Å². The van der Waals surface area contributed by atoms with E-state index >= 15 is 0 Å². The van der Waals surface area contributed by atoms with E-state index < -0.39 is 17.4 Å². The highest BCUT2D eigenvalue weighted by atomic mass is 16.4. The lowest BCUT2D eigenvalue weighted by Crippen LogP contribution is -2.26. The van der Waals surface area contributed by atoms with Crippen molar-refractivity contribution in [2.75, 3.05) is 5.32 Å². The normalized spacial score (nSPS) is 13.2. The maximum atomic E-state index is 12.6. The van der Waals surface area contributed by atoms with Gasteiger partial charge in [-0.15, -0.1) is 0 Å². The predicted molar refractivity (Wildman–Crippen MR) is 94.5 cm³/mol. The number of carboxylic acid groups (broad SMARTS) is 1. The van der Waals surface area contributed by atoms with Crippen LogP contribution in [0, 0.1) is 13.8 Å². The van der Waals surface area contributed by atoms with Crippen molar-refractivity contribution in [3.8, 4) is 0 Å². The Morgan fingerprint density at radius 2 is 1.76 bits per heavy atom. The van der Waals surface area contributed by atoms with Crippen LogP contribution in [-0.2, 0) is 12.8 Å². The quantitative estimate of drug-likeness (QED) is 0.800. The van der Waals surface area contributed by atoms with Crippen LogP contribution in [0.15, 0.2) is 23.0 Å². The van der Waals surface area contributed by atoms with Gasteiger partial charge >= 0.3 is 5.97 Å². The molecule has 25 heavy (non-hydrogen) atoms. The Bertz CT molecular complexity index is 928. The third kappa shape index (κ3) is 3.33. The highest BCUT2D eigenvalue weighted by Crippen LogP contribution is 2.22. The van der Waals surface area contributed by atoms with E-state index in [4.69, 9.17) is 0 Å². The van der Waals surface area contributed by atoms with Crippen molar-refractivity contribution in [2.45, 2.75) is 39.5 Å². The summed E-state index contributed by atoms with van der Waals surface area (Å²) < 4.78 is 0. The van der Waals surface area contributed by atoms with Crippen molar-refractivity contribution in [1.29, 1.82) is 0 Å². The van der Waals surface area contributed by atoms with Crippen LogP contribution < -0.4 is 10.9 Å². The number of H-pyrrole nitrogens is 1. The Hall–Kier alpha value is -2.89. The topological polar surface area (TPSA) is 99.3 Å². The average Bonchev–Trinajstić information content (AvgIpc) is 2.56. The molecule has 0 fully saturated rings. The Labute approximate surface area is 144 Å². The summed E-state index contributed by atoms with van der Waals surface area (Å²) in [4.78, 5) is 38.9. The minimum absolute atomic E-state index is 0.0532. The molecule has 1 aliphatic rings. The van der Waals surface area contributed by atoms with Crippen molar-refractivity contribution in [3.63, 3.8) is 0 Å². The van der Waals surface area contributed by atoms with Crippen molar-refractivity contribution in [3.05, 3.63) is 62.1 Å². The van der Waals surface area contributed by atoms with Gasteiger partial charge in [0.1, 0.15) is 5.56 Å². The molecule has 6 nitrogen and oxygen atoms in total. The number of aromatic carboxylic acids is 1. The summed E-state index contributed by atoms with van der Waals surface area (Å²) in [5, 5.41) is 11.9. The highest BCUT2D eigenvalue weighted by Gasteiger charge is 2.18. The number of hydrogen-bond donors (Lipinski definition) is 3. The van der Waals surface area contributed by atoms with Crippen LogP contribution in [-0.4, -0.2) is 22.0 Å². The maximum absolute atomic E-state index is 12.6. The van der Waals surface area contributed by atoms with Gasteiger partial charge in [-0.1, -0.05) is 6.07 Å². The molecule has 0 bridgehead atoms. The minimum Gasteiger partial charge on any atom is -0.478 e. The smallest absolute Gasteiger partial charge is 0.336 e. The monoisotopic (exact) mass is 340 g/mol. The number of aromatic amines is 1. The lowest BCUT2D eigenvalue weighted by molar-refractivity contribution is 0.0695. The molecule has 0 saturated heterocycles. The lowest BCUT2D eigenvalue weighted by atomic mass is 9.95. The fraction of sp³-hybridized carbons (Fsp3) is 0.316. The second kappa shape index (κ2) is 6.55. The fourth-order valence-electron chi connectivity index (χ4n) is 3.25. The molecule has 3 N–H and O–H groups in total. The zero-order valence-corrected chi connectivity index (χ0v) is 14.2. The SMILES string of the molecule is Cc1cc(C)c(C(=O)O)cc1NC(=O)c1cc2c([nH]c1=O)CCCC2. The van der Waals surface area contributed by atoms with Gasteiger partial charge in [-0.05, 0) is 68.4 Å². The van der Waals surface area contributed by atoms with Gasteiger partial charge in [0, 0.05) is 11.4 Å². The molecule has 130 valence electrons. The molecular formula is C19H20N2O4. The molecule has 2 aromatic rings. The molecule has 0 saturated carbocycles. The van der Waals surface area contributed by atoms with Crippen LogP contribution in [0.2, 0.25) is 0 Å². The molecule has 1 amide bonds. The molecule has 0 spiro atoms. The number of nitrogens with one attached hydrogen (secondary N) is 2. The first-order chi connectivity index (χ1) is 11.9. The largest absolute Gasteiger partial charge is 0.478 e. The number of pyridine rings is 1. The molecule has 1 heterocycles. The van der Waals surface area contributed by atoms with Crippen LogP contribution in [0.25, 0.3) is 0 Å². The second-order valence-electron chi connectivity index (χ2n) is 6.46. The zero-order valence-electron chi connectivity index (χ0n) is 14.2. The van der Waals surface area contributed by atoms with E-state index in [1.807, 2.05) is 0 Å². The van der Waals surface area contributed by atoms with Crippen LogP contribution >= 0.6 is 0 Å². The van der Waals surface area contributed by atoms with Gasteiger partial charge in [-0.2, -0.15) is 0 Å². The zero-order chi connectivity index (χ0) is 18.1. The molecular weight excluding hydrogens is 320 g/mol. The number of fused-ring (bicyclic) bond motifs is 1. The molecule has 0 radical (unpaired) electrons. The van der Waals surface area contributed by atoms with Gasteiger partial charge in [0.25, 0.3) is 11.5 Å². The number of aryl methyl sites for hydroxylation is 4. The summed E-state index contributed by atoms with van der Waals surface area (Å²) in [5.41, 5.74) is 3.43. The van der Waals surface area contributed by atoms with Crippen molar-refractivity contribution in [1.82, 2.24) is 4.98 Å². The Balaban J connectivity index is 1.94. The Kier molecular flexibility index (Phi) is 4.44. The Morgan fingerprint density at radius 3 is 2.48 bits per heavy atom. The molecule has 0 unspecified atom stereocenters. The summed E-state index contributed by atoms with van der Waals surface area (Å²) in [6.07, 6.45) is 3.75. The molecule has 0 atom stereocenters. The Morgan fingerprint density at radius 1 is 1.04 bits per heavy atom. The lowest BCUT2D eigenvalue weighted by Gasteiger charge is -2.16. The third-order valence-corrected chi connectivity index (χ3v) is 4.63. The van der Waals surface area contributed by atoms with Gasteiger partial charge in [0.2, 0.25) is 0 Å². The molecule has 6 heteroatoms. The molecule has 3 rings (SSSR count). The van der Waals surface area contributed by atoms with Crippen LogP contribution in [0.4, 0.5) is 5.69 Å². The number of hydrogen-bond acceptors (Lipinski definition) is 3. The summed E-state index contributed by atoms with van der Waals surface area (Å²) in [6.45, 7) is 3.49. The highest BCUT2D eigenvalue weighted by molar-refractivity contribution is 6.05. The second-order valence-corrected chi connectivity index (χ2v) is 6.46. The first-order valence-electron chi connectivity index (χ1n) is 8.28. The number of carboxylic acids is 1. The van der Waals surface area contributed by atoms with E-state index in [9.17, 15) is 19.5 Å².